The van der Waals surface area contributed by atoms with Gasteiger partial charge < -0.3 is 9.52 Å². The monoisotopic (exact) mass is 492 g/mol. The number of fused-ring (bicyclic) bond motifs is 1. The highest BCUT2D eigenvalue weighted by molar-refractivity contribution is 7.89. The van der Waals surface area contributed by atoms with E-state index in [-0.39, 0.29) is 10.6 Å². The second-order valence-corrected chi connectivity index (χ2v) is 8.96. The Balaban J connectivity index is 0.000000555. The van der Waals surface area contributed by atoms with Gasteiger partial charge >= 0.3 is 0 Å². The van der Waals surface area contributed by atoms with Crippen molar-refractivity contribution in [2.75, 3.05) is 0 Å². The summed E-state index contributed by atoms with van der Waals surface area (Å²) in [7, 11) is -8.70. The zero-order valence-electron chi connectivity index (χ0n) is 16.7. The van der Waals surface area contributed by atoms with Crippen molar-refractivity contribution in [1.29, 1.82) is 0 Å². The average molecular weight is 493 g/mol. The summed E-state index contributed by atoms with van der Waals surface area (Å²) < 4.78 is 62.8. The van der Waals surface area contributed by atoms with Gasteiger partial charge in [0.2, 0.25) is 21.1 Å². The number of hydrogen-bond donors (Lipinski definition) is 3. The van der Waals surface area contributed by atoms with Crippen LogP contribution in [-0.4, -0.2) is 13.5 Å². The number of phenols is 1. The van der Waals surface area contributed by atoms with Gasteiger partial charge in [-0.2, -0.15) is 0 Å². The maximum absolute atomic E-state index is 11.4. The number of nitrogens with two attached hydrogens (primary N) is 1. The Kier molecular flexibility index (Phi) is 7.15. The van der Waals surface area contributed by atoms with Crippen LogP contribution in [0.4, 0.5) is 5.69 Å². The van der Waals surface area contributed by atoms with Crippen LogP contribution in [0.3, 0.4) is 0 Å². The molecule has 0 spiro atoms. The van der Waals surface area contributed by atoms with Gasteiger partial charge in [-0.05, 0) is 30.3 Å². The van der Waals surface area contributed by atoms with Crippen LogP contribution in [0.15, 0.2) is 88.2 Å². The molecule has 1 heterocycles. The molecule has 0 radical (unpaired) electrons. The molecule has 0 bridgehead atoms. The first kappa shape index (κ1) is 24.4. The maximum Gasteiger partial charge on any atom is 0.238 e. The highest BCUT2D eigenvalue weighted by Crippen LogP contribution is 2.23. The summed E-state index contributed by atoms with van der Waals surface area (Å²) in [5, 5.41) is 16.4. The van der Waals surface area contributed by atoms with Crippen molar-refractivity contribution in [2.45, 2.75) is 4.90 Å². The lowest BCUT2D eigenvalue weighted by Gasteiger charge is -2.17. The van der Waals surface area contributed by atoms with Crippen LogP contribution in [0.5, 0.6) is 5.75 Å². The van der Waals surface area contributed by atoms with Crippen LogP contribution in [-0.2, 0) is 10.0 Å². The minimum atomic E-state index is -4.94. The number of sulfonamides is 1. The highest BCUT2D eigenvalue weighted by atomic mass is 35.7. The molecule has 0 aliphatic heterocycles. The molecule has 0 aliphatic rings. The van der Waals surface area contributed by atoms with Gasteiger partial charge in [0.25, 0.3) is 0 Å². The summed E-state index contributed by atoms with van der Waals surface area (Å²) in [6.07, 6.45) is 0. The van der Waals surface area contributed by atoms with Crippen LogP contribution in [0.1, 0.15) is 0 Å². The quantitative estimate of drug-likeness (QED) is 0.268. The van der Waals surface area contributed by atoms with E-state index in [1.807, 2.05) is 36.4 Å². The molecule has 0 amide bonds. The highest BCUT2D eigenvalue weighted by Gasteiger charge is 2.12. The van der Waals surface area contributed by atoms with Crippen LogP contribution in [0, 0.1) is 10.2 Å². The Morgan fingerprint density at radius 1 is 0.879 bits per heavy atom. The number of primary sulfonamides is 1. The molecule has 0 saturated heterocycles. The standard InChI is InChI=1S/C21H16N2O4S.ClHO4/c22-28(25,26)17-9-6-15(7-10-17)23-19-13-21(14-4-2-1-3-5-14)27-20-11-8-16(24)12-18(19)20;2-1(3,4)5/h1-13,24H,(H2,22,25,26);(H,2,3,4,5). The van der Waals surface area contributed by atoms with E-state index >= 15 is 0 Å². The Morgan fingerprint density at radius 3 is 2.06 bits per heavy atom. The Bertz CT molecular complexity index is 1430. The van der Waals surface area contributed by atoms with Gasteiger partial charge in [-0.1, -0.05) is 30.3 Å². The van der Waals surface area contributed by atoms with Crippen LogP contribution in [0.25, 0.3) is 22.3 Å². The Morgan fingerprint density at radius 2 is 1.48 bits per heavy atom. The summed E-state index contributed by atoms with van der Waals surface area (Å²) in [4.78, 5) is 3.29. The third-order valence-corrected chi connectivity index (χ3v) is 5.20. The van der Waals surface area contributed by atoms with E-state index < -0.39 is 20.3 Å². The maximum atomic E-state index is 11.4. The third kappa shape index (κ3) is 7.10. The molecular weight excluding hydrogens is 476 g/mol. The normalized spacial score (nSPS) is 12.3. The predicted molar refractivity (Wildman–Crippen MR) is 105 cm³/mol. The minimum absolute atomic E-state index is 0.0357. The molecule has 33 heavy (non-hydrogen) atoms. The summed E-state index contributed by atoms with van der Waals surface area (Å²) >= 11 is 0. The van der Waals surface area contributed by atoms with Crippen molar-refractivity contribution >= 4 is 26.7 Å². The molecule has 0 fully saturated rings. The van der Waals surface area contributed by atoms with E-state index in [9.17, 15) is 13.5 Å². The van der Waals surface area contributed by atoms with Gasteiger partial charge in [-0.3, -0.25) is 0 Å². The number of benzene rings is 3. The number of rotatable bonds is 3. The van der Waals surface area contributed by atoms with E-state index in [1.165, 1.54) is 12.1 Å². The molecule has 4 aromatic rings. The van der Waals surface area contributed by atoms with E-state index in [0.29, 0.717) is 27.8 Å². The first-order valence-corrected chi connectivity index (χ1v) is 11.9. The minimum Gasteiger partial charge on any atom is -0.508 e. The smallest absolute Gasteiger partial charge is 0.238 e. The molecule has 172 valence electrons. The molecule has 0 aliphatic carbocycles. The molecule has 1 aromatic heterocycles. The number of hydrogen-bond acceptors (Lipinski definition) is 8. The summed E-state index contributed by atoms with van der Waals surface area (Å²) in [5.41, 5.74) is 2.18. The van der Waals surface area contributed by atoms with E-state index in [4.69, 9.17) is 28.2 Å². The third-order valence-electron chi connectivity index (χ3n) is 4.27. The zero-order chi connectivity index (χ0) is 24.2. The second-order valence-electron chi connectivity index (χ2n) is 6.64. The SMILES string of the molecule is NS(=O)(=O)c1ccc([NH+]=c2cc(-c3ccccc3)oc3ccc(O)cc23)cc1.[O-][Cl+3]([O-])([O-])[O-]. The average Bonchev–Trinajstić information content (AvgIpc) is 2.73. The summed E-state index contributed by atoms with van der Waals surface area (Å²) in [5.74, 6) is 0.769. The lowest BCUT2D eigenvalue weighted by atomic mass is 10.1. The van der Waals surface area contributed by atoms with Crippen molar-refractivity contribution in [3.8, 4) is 17.1 Å². The topological polar surface area (TPSA) is 200 Å². The largest absolute Gasteiger partial charge is 0.508 e. The molecule has 4 rings (SSSR count). The van der Waals surface area contributed by atoms with Crippen molar-refractivity contribution in [2.24, 2.45) is 5.14 Å². The Hall–Kier alpha value is -3.29. The molecule has 10 nitrogen and oxygen atoms in total. The van der Waals surface area contributed by atoms with Crippen molar-refractivity contribution in [3.63, 3.8) is 0 Å². The molecule has 0 atom stereocenters. The molecule has 0 unspecified atom stereocenters. The van der Waals surface area contributed by atoms with Crippen LogP contribution >= 0.6 is 0 Å². The van der Waals surface area contributed by atoms with Gasteiger partial charge in [0.1, 0.15) is 17.1 Å². The van der Waals surface area contributed by atoms with Gasteiger partial charge in [0.15, 0.2) is 0 Å². The molecule has 12 heteroatoms. The molecule has 0 saturated carbocycles. The predicted octanol–water partition coefficient (Wildman–Crippen LogP) is -2.99. The van der Waals surface area contributed by atoms with Crippen LogP contribution < -0.4 is 34.1 Å². The number of halogens is 1. The molecule has 3 aromatic carbocycles. The van der Waals surface area contributed by atoms with Gasteiger partial charge in [-0.15, -0.1) is 10.2 Å². The van der Waals surface area contributed by atoms with E-state index in [0.717, 1.165) is 5.56 Å². The second kappa shape index (κ2) is 9.68. The fraction of sp³-hybridized carbons (Fsp3) is 0. The fourth-order valence-electron chi connectivity index (χ4n) is 2.91. The first-order chi connectivity index (χ1) is 15.4. The van der Waals surface area contributed by atoms with Crippen molar-refractivity contribution in [3.05, 3.63) is 84.2 Å². The number of phenolic OH excluding ortho intramolecular Hbond substituents is 1. The van der Waals surface area contributed by atoms with E-state index in [1.54, 1.807) is 30.3 Å². The Labute approximate surface area is 189 Å². The van der Waals surface area contributed by atoms with Gasteiger partial charge in [0, 0.05) is 17.7 Å². The lowest BCUT2D eigenvalue weighted by molar-refractivity contribution is -2.00. The van der Waals surface area contributed by atoms with E-state index in [2.05, 4.69) is 4.99 Å². The number of aromatic hydroxyl groups is 1. The summed E-state index contributed by atoms with van der Waals surface area (Å²) in [6.45, 7) is 0. The van der Waals surface area contributed by atoms with Gasteiger partial charge in [-0.25, -0.2) is 37.2 Å². The number of nitrogens with one attached hydrogen (secondary N) is 1. The zero-order valence-corrected chi connectivity index (χ0v) is 18.2. The fourth-order valence-corrected chi connectivity index (χ4v) is 3.42. The van der Waals surface area contributed by atoms with Crippen molar-refractivity contribution < 1.29 is 51.8 Å². The lowest BCUT2D eigenvalue weighted by Crippen LogP contribution is -2.70. The van der Waals surface area contributed by atoms with Crippen molar-refractivity contribution in [1.82, 2.24) is 0 Å². The molecular formula is C21H17ClN2O8S. The van der Waals surface area contributed by atoms with Gasteiger partial charge in [0.05, 0.1) is 16.3 Å². The first-order valence-electron chi connectivity index (χ1n) is 9.07. The van der Waals surface area contributed by atoms with Crippen LogP contribution in [0.2, 0.25) is 0 Å². The molecule has 4 N–H and O–H groups in total. The summed E-state index contributed by atoms with van der Waals surface area (Å²) in [6, 6.07) is 22.5.